The van der Waals surface area contributed by atoms with Gasteiger partial charge in [0.2, 0.25) is 0 Å². The van der Waals surface area contributed by atoms with Crippen LogP contribution >= 0.6 is 23.4 Å². The molecule has 3 nitrogen and oxygen atoms in total. The van der Waals surface area contributed by atoms with Crippen molar-refractivity contribution in [2.45, 2.75) is 37.6 Å². The normalized spacial score (nSPS) is 20.6. The molecule has 1 aliphatic carbocycles. The van der Waals surface area contributed by atoms with E-state index in [0.29, 0.717) is 5.02 Å². The molecular weight excluding hydrogens is 362 g/mol. The summed E-state index contributed by atoms with van der Waals surface area (Å²) in [6.45, 7) is 0. The maximum absolute atomic E-state index is 6.17. The standard InChI is InChI=1S/C21H22ClN3S/c1-26-20-24-19(23-17-10-8-9-16(22)15-17)21(13-6-3-7-14-21)25(20)18-11-4-2-5-12-18/h2,4-5,8-12,15H,3,6-7,13-14H2,1H3. The molecule has 0 N–H and O–H groups in total. The van der Waals surface area contributed by atoms with Crippen LogP contribution in [0.15, 0.2) is 64.6 Å². The molecule has 0 unspecified atom stereocenters. The maximum atomic E-state index is 6.17. The molecule has 0 saturated heterocycles. The summed E-state index contributed by atoms with van der Waals surface area (Å²) >= 11 is 7.86. The lowest BCUT2D eigenvalue weighted by Crippen LogP contribution is -2.52. The van der Waals surface area contributed by atoms with E-state index in [9.17, 15) is 0 Å². The van der Waals surface area contributed by atoms with Crippen molar-refractivity contribution >= 4 is 45.7 Å². The Morgan fingerprint density at radius 3 is 2.50 bits per heavy atom. The number of hydrogen-bond donors (Lipinski definition) is 0. The van der Waals surface area contributed by atoms with Gasteiger partial charge in [0, 0.05) is 10.7 Å². The van der Waals surface area contributed by atoms with Gasteiger partial charge < -0.3 is 4.90 Å². The minimum absolute atomic E-state index is 0.153. The highest BCUT2D eigenvalue weighted by molar-refractivity contribution is 8.13. The summed E-state index contributed by atoms with van der Waals surface area (Å²) < 4.78 is 0. The Balaban J connectivity index is 1.84. The number of anilines is 1. The monoisotopic (exact) mass is 383 g/mol. The lowest BCUT2D eigenvalue weighted by atomic mass is 9.79. The fourth-order valence-corrected chi connectivity index (χ4v) is 4.81. The van der Waals surface area contributed by atoms with Crippen LogP contribution in [0, 0.1) is 0 Å². The number of benzene rings is 2. The van der Waals surface area contributed by atoms with Gasteiger partial charge in [0.15, 0.2) is 11.0 Å². The van der Waals surface area contributed by atoms with Gasteiger partial charge in [-0.1, -0.05) is 66.9 Å². The number of nitrogens with zero attached hydrogens (tertiary/aromatic N) is 3. The molecule has 5 heteroatoms. The van der Waals surface area contributed by atoms with Crippen LogP contribution in [-0.4, -0.2) is 22.8 Å². The van der Waals surface area contributed by atoms with Crippen LogP contribution < -0.4 is 4.90 Å². The van der Waals surface area contributed by atoms with E-state index >= 15 is 0 Å². The van der Waals surface area contributed by atoms with Gasteiger partial charge >= 0.3 is 0 Å². The second-order valence-electron chi connectivity index (χ2n) is 6.78. The molecule has 0 atom stereocenters. The molecule has 0 aromatic heterocycles. The first kappa shape index (κ1) is 17.6. The average Bonchev–Trinajstić information content (AvgIpc) is 2.96. The zero-order valence-corrected chi connectivity index (χ0v) is 16.4. The second-order valence-corrected chi connectivity index (χ2v) is 7.99. The van der Waals surface area contributed by atoms with E-state index in [0.717, 1.165) is 29.5 Å². The van der Waals surface area contributed by atoms with E-state index in [1.165, 1.54) is 24.9 Å². The summed E-state index contributed by atoms with van der Waals surface area (Å²) in [6.07, 6.45) is 7.94. The number of halogens is 1. The van der Waals surface area contributed by atoms with Gasteiger partial charge in [-0.25, -0.2) is 9.98 Å². The molecule has 0 bridgehead atoms. The number of aliphatic imine (C=N–C) groups is 2. The molecule has 2 aromatic carbocycles. The van der Waals surface area contributed by atoms with Gasteiger partial charge in [0.1, 0.15) is 5.54 Å². The zero-order chi connectivity index (χ0) is 18.0. The Morgan fingerprint density at radius 2 is 1.81 bits per heavy atom. The predicted molar refractivity (Wildman–Crippen MR) is 114 cm³/mol. The van der Waals surface area contributed by atoms with Crippen molar-refractivity contribution in [3.8, 4) is 0 Å². The first-order valence-electron chi connectivity index (χ1n) is 9.06. The first-order chi connectivity index (χ1) is 12.7. The Kier molecular flexibility index (Phi) is 5.05. The fraction of sp³-hybridized carbons (Fsp3) is 0.333. The molecule has 1 fully saturated rings. The summed E-state index contributed by atoms with van der Waals surface area (Å²) in [7, 11) is 0. The number of para-hydroxylation sites is 1. The molecule has 0 radical (unpaired) electrons. The molecule has 134 valence electrons. The molecule has 1 saturated carbocycles. The summed E-state index contributed by atoms with van der Waals surface area (Å²) in [5.74, 6) is 0.924. The van der Waals surface area contributed by atoms with E-state index in [-0.39, 0.29) is 5.54 Å². The number of amidine groups is 2. The zero-order valence-electron chi connectivity index (χ0n) is 14.9. The van der Waals surface area contributed by atoms with Crippen molar-refractivity contribution in [1.82, 2.24) is 0 Å². The third-order valence-corrected chi connectivity index (χ3v) is 6.03. The highest BCUT2D eigenvalue weighted by atomic mass is 35.5. The molecule has 1 heterocycles. The van der Waals surface area contributed by atoms with Crippen molar-refractivity contribution < 1.29 is 0 Å². The molecule has 1 spiro atoms. The lowest BCUT2D eigenvalue weighted by molar-refractivity contribution is 0.385. The van der Waals surface area contributed by atoms with Crippen molar-refractivity contribution in [2.75, 3.05) is 11.2 Å². The average molecular weight is 384 g/mol. The Labute approximate surface area is 164 Å². The van der Waals surface area contributed by atoms with Gasteiger partial charge in [0.05, 0.1) is 5.69 Å². The molecule has 2 aromatic rings. The van der Waals surface area contributed by atoms with Gasteiger partial charge in [-0.15, -0.1) is 0 Å². The predicted octanol–water partition coefficient (Wildman–Crippen LogP) is 6.31. The van der Waals surface area contributed by atoms with Gasteiger partial charge in [-0.05, 0) is 49.4 Å². The van der Waals surface area contributed by atoms with Gasteiger partial charge in [-0.3, -0.25) is 0 Å². The number of thioether (sulfide) groups is 1. The Morgan fingerprint density at radius 1 is 1.04 bits per heavy atom. The maximum Gasteiger partial charge on any atom is 0.170 e. The summed E-state index contributed by atoms with van der Waals surface area (Å²) in [5.41, 5.74) is 1.91. The van der Waals surface area contributed by atoms with Crippen LogP contribution in [0.4, 0.5) is 11.4 Å². The molecule has 26 heavy (non-hydrogen) atoms. The summed E-state index contributed by atoms with van der Waals surface area (Å²) in [5, 5.41) is 1.73. The van der Waals surface area contributed by atoms with Crippen LogP contribution in [-0.2, 0) is 0 Å². The molecule has 4 rings (SSSR count). The smallest absolute Gasteiger partial charge is 0.170 e. The first-order valence-corrected chi connectivity index (χ1v) is 10.7. The van der Waals surface area contributed by atoms with Crippen LogP contribution in [0.3, 0.4) is 0 Å². The summed E-state index contributed by atoms with van der Waals surface area (Å²) in [6, 6.07) is 18.3. The largest absolute Gasteiger partial charge is 0.307 e. The van der Waals surface area contributed by atoms with Gasteiger partial charge in [0.25, 0.3) is 0 Å². The van der Waals surface area contributed by atoms with E-state index in [1.54, 1.807) is 11.8 Å². The van der Waals surface area contributed by atoms with E-state index in [1.807, 2.05) is 24.3 Å². The number of rotatable bonds is 2. The van der Waals surface area contributed by atoms with Crippen molar-refractivity contribution in [3.05, 3.63) is 59.6 Å². The van der Waals surface area contributed by atoms with E-state index < -0.39 is 0 Å². The summed E-state index contributed by atoms with van der Waals surface area (Å²) in [4.78, 5) is 12.4. The molecule has 1 aliphatic heterocycles. The van der Waals surface area contributed by atoms with Crippen molar-refractivity contribution in [1.29, 1.82) is 0 Å². The quantitative estimate of drug-likeness (QED) is 0.607. The highest BCUT2D eigenvalue weighted by Gasteiger charge is 2.49. The van der Waals surface area contributed by atoms with E-state index in [2.05, 4.69) is 41.5 Å². The van der Waals surface area contributed by atoms with Crippen molar-refractivity contribution in [2.24, 2.45) is 9.98 Å². The fourth-order valence-electron chi connectivity index (χ4n) is 3.98. The minimum atomic E-state index is -0.153. The third-order valence-electron chi connectivity index (χ3n) is 5.16. The van der Waals surface area contributed by atoms with Crippen LogP contribution in [0.1, 0.15) is 32.1 Å². The topological polar surface area (TPSA) is 28.0 Å². The molecule has 2 aliphatic rings. The second kappa shape index (κ2) is 7.45. The van der Waals surface area contributed by atoms with Crippen LogP contribution in [0.5, 0.6) is 0 Å². The highest BCUT2D eigenvalue weighted by Crippen LogP contribution is 2.44. The third kappa shape index (κ3) is 3.17. The lowest BCUT2D eigenvalue weighted by Gasteiger charge is -2.42. The molecule has 0 amide bonds. The van der Waals surface area contributed by atoms with Crippen LogP contribution in [0.2, 0.25) is 5.02 Å². The Bertz CT molecular complexity index is 841. The molecular formula is C21H22ClN3S. The van der Waals surface area contributed by atoms with Gasteiger partial charge in [-0.2, -0.15) is 0 Å². The van der Waals surface area contributed by atoms with Crippen LogP contribution in [0.25, 0.3) is 0 Å². The number of hydrogen-bond acceptors (Lipinski definition) is 3. The SMILES string of the molecule is CSC1=NC(=Nc2cccc(Cl)c2)C2(CCCCC2)N1c1ccccc1. The Hall–Kier alpha value is -1.78. The van der Waals surface area contributed by atoms with E-state index in [4.69, 9.17) is 21.6 Å². The van der Waals surface area contributed by atoms with Crippen molar-refractivity contribution in [3.63, 3.8) is 0 Å². The minimum Gasteiger partial charge on any atom is -0.307 e.